The minimum absolute atomic E-state index is 0. The van der Waals surface area contributed by atoms with E-state index in [2.05, 4.69) is 0 Å². The van der Waals surface area contributed by atoms with Gasteiger partial charge in [-0.3, -0.25) is 0 Å². The fraction of sp³-hybridized carbons (Fsp3) is 1.00. The number of alkyl halides is 2. The molecule has 0 aliphatic rings. The second-order valence-corrected chi connectivity index (χ2v) is 2.19. The molecular weight excluding hydrogens is 232 g/mol. The van der Waals surface area contributed by atoms with Gasteiger partial charge in [0.1, 0.15) is 0 Å². The van der Waals surface area contributed by atoms with Gasteiger partial charge in [-0.15, -0.1) is 23.2 Å². The van der Waals surface area contributed by atoms with E-state index < -0.39 is 0 Å². The summed E-state index contributed by atoms with van der Waals surface area (Å²) < 4.78 is 0. The quantitative estimate of drug-likeness (QED) is 0.404. The summed E-state index contributed by atoms with van der Waals surface area (Å²) in [6, 6.07) is 0. The smallest absolute Gasteiger partial charge is 0.127 e. The van der Waals surface area contributed by atoms with Crippen LogP contribution in [-0.4, -0.2) is 11.8 Å². The molecule has 0 nitrogen and oxygen atoms in total. The Kier molecular flexibility index (Phi) is 16.5. The molecule has 0 N–H and O–H groups in total. The third kappa shape index (κ3) is 10.2. The Balaban J connectivity index is 0. The molecule has 0 saturated carbocycles. The molecule has 0 bridgehead atoms. The van der Waals surface area contributed by atoms with Crippen molar-refractivity contribution >= 4 is 23.2 Å². The van der Waals surface area contributed by atoms with E-state index >= 15 is 0 Å². The Bertz CT molecular complexity index is 29.6. The predicted octanol–water partition coefficient (Wildman–Crippen LogP) is 2.63. The van der Waals surface area contributed by atoms with E-state index in [1.807, 2.05) is 0 Å². The van der Waals surface area contributed by atoms with Crippen molar-refractivity contribution in [2.75, 3.05) is 11.8 Å². The van der Waals surface area contributed by atoms with E-state index in [0.29, 0.717) is 0 Å². The summed E-state index contributed by atoms with van der Waals surface area (Å²) >= 11 is 10.8. The molecule has 0 aromatic rings. The van der Waals surface area contributed by atoms with E-state index in [-0.39, 0.29) is 19.5 Å². The van der Waals surface area contributed by atoms with E-state index in [1.165, 1.54) is 6.42 Å². The van der Waals surface area contributed by atoms with Crippen LogP contribution in [0.3, 0.4) is 0 Å². The largest absolute Gasteiger partial charge is 3.00 e. The van der Waals surface area contributed by atoms with Gasteiger partial charge in [0, 0.05) is 11.8 Å². The van der Waals surface area contributed by atoms with Gasteiger partial charge < -0.3 is 0 Å². The number of unbranched alkanes of at least 4 members (excludes halogenated alkanes) is 2. The molecule has 0 heterocycles. The van der Waals surface area contributed by atoms with Crippen LogP contribution in [0.4, 0.5) is 0 Å². The summed E-state index contributed by atoms with van der Waals surface area (Å²) in [7, 11) is 0. The first-order valence-corrected chi connectivity index (χ1v) is 3.60. The second-order valence-electron chi connectivity index (χ2n) is 1.44. The maximum Gasteiger partial charge on any atom is 3.00 e. The van der Waals surface area contributed by atoms with Crippen LogP contribution >= 0.6 is 23.2 Å². The number of hydrogen-bond donors (Lipinski definition) is 0. The van der Waals surface area contributed by atoms with Crippen molar-refractivity contribution in [1.82, 2.24) is 0 Å². The molecule has 0 unspecified atom stereocenters. The van der Waals surface area contributed by atoms with Gasteiger partial charge in [-0.2, -0.15) is 0 Å². The first-order chi connectivity index (χ1) is 3.41. The Morgan fingerprint density at radius 3 is 1.38 bits per heavy atom. The van der Waals surface area contributed by atoms with Crippen molar-refractivity contribution in [3.8, 4) is 0 Å². The van der Waals surface area contributed by atoms with Crippen LogP contribution in [0, 0.1) is 0 Å². The van der Waals surface area contributed by atoms with Gasteiger partial charge in [0.05, 0.1) is 0 Å². The van der Waals surface area contributed by atoms with E-state index in [1.54, 1.807) is 0 Å². The molecule has 0 saturated heterocycles. The molecule has 0 aromatic carbocycles. The average Bonchev–Trinajstić information content (AvgIpc) is 1.69. The molecule has 3 heteroatoms. The SMILES string of the molecule is ClCCCCCCl.[Ru+3]. The van der Waals surface area contributed by atoms with Crippen molar-refractivity contribution in [2.24, 2.45) is 0 Å². The van der Waals surface area contributed by atoms with Crippen molar-refractivity contribution < 1.29 is 19.5 Å². The van der Waals surface area contributed by atoms with Crippen LogP contribution in [0.15, 0.2) is 0 Å². The van der Waals surface area contributed by atoms with Crippen LogP contribution in [0.5, 0.6) is 0 Å². The summed E-state index contributed by atoms with van der Waals surface area (Å²) in [6.07, 6.45) is 3.38. The van der Waals surface area contributed by atoms with Crippen LogP contribution < -0.4 is 0 Å². The van der Waals surface area contributed by atoms with E-state index in [9.17, 15) is 0 Å². The second kappa shape index (κ2) is 11.1. The topological polar surface area (TPSA) is 0 Å². The summed E-state index contributed by atoms with van der Waals surface area (Å²) in [5.41, 5.74) is 0. The molecule has 0 aliphatic heterocycles. The first kappa shape index (κ1) is 11.9. The van der Waals surface area contributed by atoms with Gasteiger partial charge in [0.15, 0.2) is 0 Å². The Labute approximate surface area is 73.7 Å². The number of rotatable bonds is 4. The van der Waals surface area contributed by atoms with E-state index in [0.717, 1.165) is 24.6 Å². The molecular formula is C5H10Cl2Ru+3. The van der Waals surface area contributed by atoms with Crippen molar-refractivity contribution in [3.63, 3.8) is 0 Å². The number of hydrogen-bond acceptors (Lipinski definition) is 0. The minimum Gasteiger partial charge on any atom is -0.127 e. The Morgan fingerprint density at radius 2 is 1.12 bits per heavy atom. The van der Waals surface area contributed by atoms with Crippen LogP contribution in [0.2, 0.25) is 0 Å². The van der Waals surface area contributed by atoms with Gasteiger partial charge >= 0.3 is 19.5 Å². The van der Waals surface area contributed by atoms with Crippen LogP contribution in [0.1, 0.15) is 19.3 Å². The van der Waals surface area contributed by atoms with Crippen molar-refractivity contribution in [2.45, 2.75) is 19.3 Å². The maximum absolute atomic E-state index is 5.39. The predicted molar refractivity (Wildman–Crippen MR) is 35.3 cm³/mol. The normalized spacial score (nSPS) is 8.25. The van der Waals surface area contributed by atoms with Gasteiger partial charge in [-0.1, -0.05) is 6.42 Å². The summed E-state index contributed by atoms with van der Waals surface area (Å²) in [5, 5.41) is 0. The molecule has 0 aromatic heterocycles. The molecule has 0 rings (SSSR count). The van der Waals surface area contributed by atoms with Crippen molar-refractivity contribution in [1.29, 1.82) is 0 Å². The van der Waals surface area contributed by atoms with E-state index in [4.69, 9.17) is 23.2 Å². The average molecular weight is 242 g/mol. The van der Waals surface area contributed by atoms with Crippen LogP contribution in [-0.2, 0) is 19.5 Å². The summed E-state index contributed by atoms with van der Waals surface area (Å²) in [4.78, 5) is 0. The fourth-order valence-electron chi connectivity index (χ4n) is 0.366. The molecule has 8 heavy (non-hydrogen) atoms. The molecule has 49 valence electrons. The van der Waals surface area contributed by atoms with Gasteiger partial charge in [-0.25, -0.2) is 0 Å². The molecule has 0 atom stereocenters. The molecule has 0 aliphatic carbocycles. The zero-order chi connectivity index (χ0) is 5.54. The summed E-state index contributed by atoms with van der Waals surface area (Å²) in [5.74, 6) is 1.55. The monoisotopic (exact) mass is 242 g/mol. The molecule has 0 amide bonds. The third-order valence-corrected chi connectivity index (χ3v) is 1.30. The minimum atomic E-state index is 0. The maximum atomic E-state index is 5.39. The van der Waals surface area contributed by atoms with Crippen molar-refractivity contribution in [3.05, 3.63) is 0 Å². The number of halogens is 2. The van der Waals surface area contributed by atoms with Gasteiger partial charge in [0.25, 0.3) is 0 Å². The standard InChI is InChI=1S/C5H10Cl2.Ru/c6-4-2-1-3-5-7;/h1-5H2;/q;+3. The Hall–Kier alpha value is 1.20. The Morgan fingerprint density at radius 1 is 0.750 bits per heavy atom. The molecule has 0 fully saturated rings. The molecule has 1 radical (unpaired) electrons. The molecule has 0 spiro atoms. The van der Waals surface area contributed by atoms with Gasteiger partial charge in [0.2, 0.25) is 0 Å². The summed E-state index contributed by atoms with van der Waals surface area (Å²) in [6.45, 7) is 0. The fourth-order valence-corrected chi connectivity index (χ4v) is 0.744. The zero-order valence-electron chi connectivity index (χ0n) is 4.65. The first-order valence-electron chi connectivity index (χ1n) is 2.53. The van der Waals surface area contributed by atoms with Gasteiger partial charge in [-0.05, 0) is 12.8 Å². The van der Waals surface area contributed by atoms with Crippen LogP contribution in [0.25, 0.3) is 0 Å². The third-order valence-electron chi connectivity index (χ3n) is 0.767. The zero-order valence-corrected chi connectivity index (χ0v) is 7.89.